The fraction of sp³-hybridized carbons (Fsp3) is 0.474. The number of hydrogen-bond donors (Lipinski definition) is 1. The Hall–Kier alpha value is -2.70. The zero-order valence-corrected chi connectivity index (χ0v) is 15.5. The molecule has 0 aliphatic heterocycles. The summed E-state index contributed by atoms with van der Waals surface area (Å²) in [6, 6.07) is 7.19. The SMILES string of the molecule is COC(=O)CCN(CCNC(C)=O)C(=O)CCC(=O)c1ccc(C)cc1. The lowest BCUT2D eigenvalue weighted by molar-refractivity contribution is -0.142. The minimum atomic E-state index is -0.418. The van der Waals surface area contributed by atoms with E-state index < -0.39 is 5.97 Å². The van der Waals surface area contributed by atoms with Crippen LogP contribution in [-0.4, -0.2) is 55.2 Å². The van der Waals surface area contributed by atoms with Crippen LogP contribution >= 0.6 is 0 Å². The molecule has 0 bridgehead atoms. The molecule has 0 aliphatic carbocycles. The van der Waals surface area contributed by atoms with Crippen molar-refractivity contribution < 1.29 is 23.9 Å². The molecule has 0 aromatic heterocycles. The van der Waals surface area contributed by atoms with E-state index in [9.17, 15) is 19.2 Å². The number of ether oxygens (including phenoxy) is 1. The van der Waals surface area contributed by atoms with Gasteiger partial charge in [-0.15, -0.1) is 0 Å². The van der Waals surface area contributed by atoms with Gasteiger partial charge in [0.2, 0.25) is 11.8 Å². The minimum Gasteiger partial charge on any atom is -0.469 e. The third kappa shape index (κ3) is 7.92. The fourth-order valence-electron chi connectivity index (χ4n) is 2.32. The lowest BCUT2D eigenvalue weighted by Gasteiger charge is -2.22. The highest BCUT2D eigenvalue weighted by atomic mass is 16.5. The predicted octanol–water partition coefficient (Wildman–Crippen LogP) is 1.49. The molecule has 7 heteroatoms. The van der Waals surface area contributed by atoms with Crippen molar-refractivity contribution in [3.8, 4) is 0 Å². The molecule has 0 atom stereocenters. The highest BCUT2D eigenvalue weighted by Crippen LogP contribution is 2.09. The first kappa shape index (κ1) is 21.3. The molecular weight excluding hydrogens is 336 g/mol. The number of methoxy groups -OCH3 is 1. The molecule has 7 nitrogen and oxygen atoms in total. The van der Waals surface area contributed by atoms with Crippen LogP contribution in [0.2, 0.25) is 0 Å². The summed E-state index contributed by atoms with van der Waals surface area (Å²) >= 11 is 0. The van der Waals surface area contributed by atoms with Crippen LogP contribution < -0.4 is 5.32 Å². The van der Waals surface area contributed by atoms with Gasteiger partial charge < -0.3 is 15.0 Å². The highest BCUT2D eigenvalue weighted by molar-refractivity contribution is 5.98. The number of nitrogens with one attached hydrogen (secondary N) is 1. The molecule has 26 heavy (non-hydrogen) atoms. The Morgan fingerprint density at radius 3 is 2.23 bits per heavy atom. The lowest BCUT2D eigenvalue weighted by atomic mass is 10.0. The number of Topliss-reactive ketones (excluding diaryl/α,β-unsaturated/α-hetero) is 1. The van der Waals surface area contributed by atoms with Crippen molar-refractivity contribution in [2.45, 2.75) is 33.1 Å². The minimum absolute atomic E-state index is 0.0496. The quantitative estimate of drug-likeness (QED) is 0.503. The molecule has 1 aromatic carbocycles. The van der Waals surface area contributed by atoms with Crippen LogP contribution in [0.15, 0.2) is 24.3 Å². The lowest BCUT2D eigenvalue weighted by Crippen LogP contribution is -2.39. The summed E-state index contributed by atoms with van der Waals surface area (Å²) in [4.78, 5) is 48.4. The molecule has 0 saturated carbocycles. The van der Waals surface area contributed by atoms with Gasteiger partial charge in [0.25, 0.3) is 0 Å². The zero-order valence-electron chi connectivity index (χ0n) is 15.5. The van der Waals surface area contributed by atoms with Crippen molar-refractivity contribution in [3.05, 3.63) is 35.4 Å². The number of ketones is 1. The van der Waals surface area contributed by atoms with Crippen molar-refractivity contribution in [1.82, 2.24) is 10.2 Å². The molecule has 0 unspecified atom stereocenters. The Kier molecular flexibility index (Phi) is 9.05. The Bertz CT molecular complexity index is 640. The Morgan fingerprint density at radius 2 is 1.65 bits per heavy atom. The average molecular weight is 362 g/mol. The van der Waals surface area contributed by atoms with Crippen molar-refractivity contribution in [3.63, 3.8) is 0 Å². The van der Waals surface area contributed by atoms with Gasteiger partial charge in [0.1, 0.15) is 0 Å². The number of amides is 2. The van der Waals surface area contributed by atoms with E-state index >= 15 is 0 Å². The normalized spacial score (nSPS) is 10.1. The van der Waals surface area contributed by atoms with Crippen LogP contribution in [-0.2, 0) is 19.1 Å². The molecule has 0 fully saturated rings. The van der Waals surface area contributed by atoms with Gasteiger partial charge in [-0.1, -0.05) is 29.8 Å². The molecule has 1 rings (SSSR count). The van der Waals surface area contributed by atoms with Crippen molar-refractivity contribution in [2.75, 3.05) is 26.7 Å². The molecule has 142 valence electrons. The second kappa shape index (κ2) is 11.0. The van der Waals surface area contributed by atoms with Gasteiger partial charge in [0.15, 0.2) is 5.78 Å². The van der Waals surface area contributed by atoms with Gasteiger partial charge in [0, 0.05) is 45.0 Å². The summed E-state index contributed by atoms with van der Waals surface area (Å²) in [5, 5.41) is 2.61. The number of rotatable bonds is 10. The number of esters is 1. The third-order valence-corrected chi connectivity index (χ3v) is 3.86. The van der Waals surface area contributed by atoms with Crippen molar-refractivity contribution in [1.29, 1.82) is 0 Å². The number of aryl methyl sites for hydroxylation is 1. The molecule has 2 amide bonds. The molecular formula is C19H26N2O5. The van der Waals surface area contributed by atoms with E-state index in [-0.39, 0.29) is 56.5 Å². The van der Waals surface area contributed by atoms with Gasteiger partial charge in [-0.3, -0.25) is 19.2 Å². The fourth-order valence-corrected chi connectivity index (χ4v) is 2.32. The smallest absolute Gasteiger partial charge is 0.307 e. The summed E-state index contributed by atoms with van der Waals surface area (Å²) in [6.45, 7) is 4.07. The standard InChI is InChI=1S/C19H26N2O5/c1-14-4-6-16(7-5-14)17(23)8-9-18(24)21(12-10-19(25)26-3)13-11-20-15(2)22/h4-7H,8-13H2,1-3H3,(H,20,22). The number of carbonyl (C=O) groups excluding carboxylic acids is 4. The maximum absolute atomic E-state index is 12.4. The Morgan fingerprint density at radius 1 is 1.00 bits per heavy atom. The molecule has 0 saturated heterocycles. The average Bonchev–Trinajstić information content (AvgIpc) is 2.62. The van der Waals surface area contributed by atoms with E-state index in [1.165, 1.54) is 18.9 Å². The first-order valence-corrected chi connectivity index (χ1v) is 8.52. The van der Waals surface area contributed by atoms with Crippen LogP contribution in [0, 0.1) is 6.92 Å². The Balaban J connectivity index is 2.58. The molecule has 1 aromatic rings. The number of carbonyl (C=O) groups is 4. The van der Waals surface area contributed by atoms with Crippen molar-refractivity contribution in [2.24, 2.45) is 0 Å². The zero-order chi connectivity index (χ0) is 19.5. The van der Waals surface area contributed by atoms with E-state index in [2.05, 4.69) is 10.1 Å². The molecule has 0 heterocycles. The summed E-state index contributed by atoms with van der Waals surface area (Å²) in [6.07, 6.45) is 0.207. The summed E-state index contributed by atoms with van der Waals surface area (Å²) in [5.74, 6) is -0.953. The van der Waals surface area contributed by atoms with E-state index in [0.717, 1.165) is 5.56 Å². The second-order valence-electron chi connectivity index (χ2n) is 5.98. The second-order valence-corrected chi connectivity index (χ2v) is 5.98. The van der Waals surface area contributed by atoms with Crippen LogP contribution in [0.3, 0.4) is 0 Å². The number of benzene rings is 1. The summed E-state index contributed by atoms with van der Waals surface area (Å²) in [5.41, 5.74) is 1.63. The predicted molar refractivity (Wildman–Crippen MR) is 96.6 cm³/mol. The van der Waals surface area contributed by atoms with Crippen LogP contribution in [0.4, 0.5) is 0 Å². The first-order chi connectivity index (χ1) is 12.3. The summed E-state index contributed by atoms with van der Waals surface area (Å²) in [7, 11) is 1.28. The largest absolute Gasteiger partial charge is 0.469 e. The monoisotopic (exact) mass is 362 g/mol. The molecule has 0 aliphatic rings. The maximum atomic E-state index is 12.4. The van der Waals surface area contributed by atoms with Gasteiger partial charge in [-0.25, -0.2) is 0 Å². The highest BCUT2D eigenvalue weighted by Gasteiger charge is 2.17. The van der Waals surface area contributed by atoms with Crippen LogP contribution in [0.1, 0.15) is 42.1 Å². The molecule has 1 N–H and O–H groups in total. The van der Waals surface area contributed by atoms with E-state index in [1.807, 2.05) is 19.1 Å². The summed E-state index contributed by atoms with van der Waals surface area (Å²) < 4.78 is 4.59. The van der Waals surface area contributed by atoms with Gasteiger partial charge in [-0.2, -0.15) is 0 Å². The van der Waals surface area contributed by atoms with E-state index in [1.54, 1.807) is 12.1 Å². The van der Waals surface area contributed by atoms with Crippen LogP contribution in [0.5, 0.6) is 0 Å². The van der Waals surface area contributed by atoms with E-state index in [4.69, 9.17) is 0 Å². The topological polar surface area (TPSA) is 92.8 Å². The Labute approximate surface area is 153 Å². The molecule has 0 radical (unpaired) electrons. The first-order valence-electron chi connectivity index (χ1n) is 8.52. The van der Waals surface area contributed by atoms with Gasteiger partial charge in [0.05, 0.1) is 13.5 Å². The third-order valence-electron chi connectivity index (χ3n) is 3.86. The van der Waals surface area contributed by atoms with Crippen LogP contribution in [0.25, 0.3) is 0 Å². The van der Waals surface area contributed by atoms with Crippen molar-refractivity contribution >= 4 is 23.6 Å². The molecule has 0 spiro atoms. The van der Waals surface area contributed by atoms with E-state index in [0.29, 0.717) is 5.56 Å². The van der Waals surface area contributed by atoms with Gasteiger partial charge in [-0.05, 0) is 6.92 Å². The maximum Gasteiger partial charge on any atom is 0.307 e. The number of hydrogen-bond acceptors (Lipinski definition) is 5. The van der Waals surface area contributed by atoms with Gasteiger partial charge >= 0.3 is 5.97 Å². The number of nitrogens with zero attached hydrogens (tertiary/aromatic N) is 1.